The lowest BCUT2D eigenvalue weighted by atomic mass is 9.92. The summed E-state index contributed by atoms with van der Waals surface area (Å²) < 4.78 is 5.50. The van der Waals surface area contributed by atoms with E-state index in [0.717, 1.165) is 18.4 Å². The van der Waals surface area contributed by atoms with Gasteiger partial charge in [0.2, 0.25) is 0 Å². The number of ether oxygens (including phenoxy) is 1. The third-order valence-electron chi connectivity index (χ3n) is 3.38. The van der Waals surface area contributed by atoms with Gasteiger partial charge in [0.25, 0.3) is 0 Å². The van der Waals surface area contributed by atoms with E-state index < -0.39 is 0 Å². The van der Waals surface area contributed by atoms with Crippen molar-refractivity contribution in [2.75, 3.05) is 6.61 Å². The number of aliphatic hydroxyl groups is 1. The Hall–Kier alpha value is -0.860. The average molecular weight is 220 g/mol. The highest BCUT2D eigenvalue weighted by Crippen LogP contribution is 2.31. The zero-order chi connectivity index (χ0) is 11.5. The predicted molar refractivity (Wildman–Crippen MR) is 64.3 cm³/mol. The highest BCUT2D eigenvalue weighted by molar-refractivity contribution is 5.25. The average Bonchev–Trinajstić information content (AvgIpc) is 2.75. The number of hydrogen-bond donors (Lipinski definition) is 1. The largest absolute Gasteiger partial charge is 0.388 e. The predicted octanol–water partition coefficient (Wildman–Crippen LogP) is 2.71. The molecule has 1 N–H and O–H groups in total. The summed E-state index contributed by atoms with van der Waals surface area (Å²) in [5.41, 5.74) is 2.31. The molecule has 1 aromatic rings. The molecule has 0 saturated carbocycles. The van der Waals surface area contributed by atoms with Gasteiger partial charge in [0.15, 0.2) is 0 Å². The quantitative estimate of drug-likeness (QED) is 0.848. The lowest BCUT2D eigenvalue weighted by molar-refractivity contribution is 0.0803. The molecule has 1 fully saturated rings. The molecule has 0 spiro atoms. The van der Waals surface area contributed by atoms with Crippen LogP contribution in [-0.2, 0) is 11.2 Å². The van der Waals surface area contributed by atoms with Gasteiger partial charge >= 0.3 is 0 Å². The minimum Gasteiger partial charge on any atom is -0.388 e. The van der Waals surface area contributed by atoms with Gasteiger partial charge in [0, 0.05) is 5.92 Å². The van der Waals surface area contributed by atoms with Gasteiger partial charge in [-0.15, -0.1) is 0 Å². The summed E-state index contributed by atoms with van der Waals surface area (Å²) in [6.45, 7) is 4.88. The second kappa shape index (κ2) is 4.98. The molecule has 3 unspecified atom stereocenters. The maximum Gasteiger partial charge on any atom is 0.0841 e. The summed E-state index contributed by atoms with van der Waals surface area (Å²) in [4.78, 5) is 0. The Labute approximate surface area is 97.3 Å². The van der Waals surface area contributed by atoms with Crippen molar-refractivity contribution >= 4 is 0 Å². The third kappa shape index (κ3) is 2.45. The van der Waals surface area contributed by atoms with Gasteiger partial charge in [-0.3, -0.25) is 0 Å². The van der Waals surface area contributed by atoms with E-state index in [9.17, 15) is 5.11 Å². The lowest BCUT2D eigenvalue weighted by Crippen LogP contribution is -2.12. The van der Waals surface area contributed by atoms with Crippen molar-refractivity contribution in [1.82, 2.24) is 0 Å². The zero-order valence-corrected chi connectivity index (χ0v) is 10.0. The van der Waals surface area contributed by atoms with Gasteiger partial charge in [-0.1, -0.05) is 31.2 Å². The Morgan fingerprint density at radius 1 is 1.50 bits per heavy atom. The fourth-order valence-corrected chi connectivity index (χ4v) is 2.34. The molecular weight excluding hydrogens is 200 g/mol. The third-order valence-corrected chi connectivity index (χ3v) is 3.38. The van der Waals surface area contributed by atoms with E-state index in [-0.39, 0.29) is 18.1 Å². The minimum atomic E-state index is -0.378. The molecule has 0 aliphatic carbocycles. The highest BCUT2D eigenvalue weighted by Gasteiger charge is 2.29. The van der Waals surface area contributed by atoms with E-state index in [1.165, 1.54) is 5.56 Å². The molecule has 1 aliphatic rings. The number of hydrogen-bond acceptors (Lipinski definition) is 2. The Morgan fingerprint density at radius 3 is 2.94 bits per heavy atom. The van der Waals surface area contributed by atoms with Crippen LogP contribution in [0.5, 0.6) is 0 Å². The summed E-state index contributed by atoms with van der Waals surface area (Å²) in [6, 6.07) is 8.24. The number of benzene rings is 1. The van der Waals surface area contributed by atoms with Gasteiger partial charge in [-0.05, 0) is 30.9 Å². The molecule has 0 bridgehead atoms. The fraction of sp³-hybridized carbons (Fsp3) is 0.571. The summed E-state index contributed by atoms with van der Waals surface area (Å²) in [5.74, 6) is 0.252. The van der Waals surface area contributed by atoms with Crippen molar-refractivity contribution < 1.29 is 9.84 Å². The summed E-state index contributed by atoms with van der Waals surface area (Å²) in [6.07, 6.45) is 1.88. The molecule has 0 aromatic heterocycles. The normalized spacial score (nSPS) is 26.9. The van der Waals surface area contributed by atoms with Crippen molar-refractivity contribution in [1.29, 1.82) is 0 Å². The SMILES string of the molecule is CCc1cccc(C(O)C2COC(C)C2)c1. The highest BCUT2D eigenvalue weighted by atomic mass is 16.5. The first-order chi connectivity index (χ1) is 7.70. The van der Waals surface area contributed by atoms with Crippen molar-refractivity contribution in [3.8, 4) is 0 Å². The van der Waals surface area contributed by atoms with Crippen molar-refractivity contribution in [2.45, 2.75) is 38.9 Å². The molecule has 0 radical (unpaired) electrons. The monoisotopic (exact) mass is 220 g/mol. The minimum absolute atomic E-state index is 0.252. The molecule has 0 amide bonds. The maximum absolute atomic E-state index is 10.3. The Morgan fingerprint density at radius 2 is 2.31 bits per heavy atom. The van der Waals surface area contributed by atoms with Gasteiger partial charge < -0.3 is 9.84 Å². The Kier molecular flexibility index (Phi) is 3.62. The topological polar surface area (TPSA) is 29.5 Å². The van der Waals surface area contributed by atoms with Crippen LogP contribution in [-0.4, -0.2) is 17.8 Å². The van der Waals surface area contributed by atoms with E-state index in [0.29, 0.717) is 6.61 Å². The van der Waals surface area contributed by atoms with Gasteiger partial charge in [-0.2, -0.15) is 0 Å². The van der Waals surface area contributed by atoms with E-state index in [4.69, 9.17) is 4.74 Å². The van der Waals surface area contributed by atoms with E-state index >= 15 is 0 Å². The van der Waals surface area contributed by atoms with E-state index in [2.05, 4.69) is 26.0 Å². The van der Waals surface area contributed by atoms with E-state index in [1.807, 2.05) is 12.1 Å². The molecule has 3 atom stereocenters. The van der Waals surface area contributed by atoms with Crippen molar-refractivity contribution in [3.63, 3.8) is 0 Å². The van der Waals surface area contributed by atoms with Crippen LogP contribution in [0.15, 0.2) is 24.3 Å². The van der Waals surface area contributed by atoms with Crippen LogP contribution in [0.4, 0.5) is 0 Å². The summed E-state index contributed by atoms with van der Waals surface area (Å²) in [7, 11) is 0. The number of rotatable bonds is 3. The number of aliphatic hydroxyl groups excluding tert-OH is 1. The molecule has 1 saturated heterocycles. The van der Waals surface area contributed by atoms with Crippen molar-refractivity contribution in [2.24, 2.45) is 5.92 Å². The lowest BCUT2D eigenvalue weighted by Gasteiger charge is -2.17. The van der Waals surface area contributed by atoms with Crippen LogP contribution in [0.2, 0.25) is 0 Å². The Bertz CT molecular complexity index is 348. The van der Waals surface area contributed by atoms with Crippen LogP contribution < -0.4 is 0 Å². The standard InChI is InChI=1S/C14H20O2/c1-3-11-5-4-6-12(8-11)14(15)13-7-10(2)16-9-13/h4-6,8,10,13-15H,3,7,9H2,1-2H3. The first-order valence-electron chi connectivity index (χ1n) is 6.09. The molecule has 1 aromatic carbocycles. The Balaban J connectivity index is 2.10. The van der Waals surface area contributed by atoms with Crippen LogP contribution in [0, 0.1) is 5.92 Å². The maximum atomic E-state index is 10.3. The van der Waals surface area contributed by atoms with Crippen LogP contribution in [0.25, 0.3) is 0 Å². The molecule has 2 rings (SSSR count). The van der Waals surface area contributed by atoms with Crippen LogP contribution >= 0.6 is 0 Å². The molecule has 2 nitrogen and oxygen atoms in total. The number of aryl methyl sites for hydroxylation is 1. The van der Waals surface area contributed by atoms with Crippen molar-refractivity contribution in [3.05, 3.63) is 35.4 Å². The molecule has 88 valence electrons. The fourth-order valence-electron chi connectivity index (χ4n) is 2.34. The molecule has 16 heavy (non-hydrogen) atoms. The summed E-state index contributed by atoms with van der Waals surface area (Å²) in [5, 5.41) is 10.3. The van der Waals surface area contributed by atoms with Crippen LogP contribution in [0.3, 0.4) is 0 Å². The zero-order valence-electron chi connectivity index (χ0n) is 10.0. The van der Waals surface area contributed by atoms with Gasteiger partial charge in [-0.25, -0.2) is 0 Å². The second-order valence-electron chi connectivity index (χ2n) is 4.68. The van der Waals surface area contributed by atoms with Gasteiger partial charge in [0.05, 0.1) is 18.8 Å². The summed E-state index contributed by atoms with van der Waals surface area (Å²) >= 11 is 0. The molecule has 1 heterocycles. The smallest absolute Gasteiger partial charge is 0.0841 e. The van der Waals surface area contributed by atoms with E-state index in [1.54, 1.807) is 0 Å². The molecular formula is C14H20O2. The molecule has 2 heteroatoms. The first kappa shape index (κ1) is 11.6. The molecule has 1 aliphatic heterocycles. The second-order valence-corrected chi connectivity index (χ2v) is 4.68. The first-order valence-corrected chi connectivity index (χ1v) is 6.09. The van der Waals surface area contributed by atoms with Crippen LogP contribution in [0.1, 0.15) is 37.5 Å². The van der Waals surface area contributed by atoms with Gasteiger partial charge in [0.1, 0.15) is 0 Å².